The molecule has 160 valence electrons. The Kier molecular flexibility index (Phi) is 9.26. The van der Waals surface area contributed by atoms with E-state index in [0.29, 0.717) is 46.1 Å². The quantitative estimate of drug-likeness (QED) is 0.433. The fourth-order valence-corrected chi connectivity index (χ4v) is 3.09. The molecule has 0 unspecified atom stereocenters. The van der Waals surface area contributed by atoms with Crippen molar-refractivity contribution in [2.75, 3.05) is 17.2 Å². The fraction of sp³-hybridized carbons (Fsp3) is 0.318. The third kappa shape index (κ3) is 7.76. The monoisotopic (exact) mass is 491 g/mol. The van der Waals surface area contributed by atoms with Gasteiger partial charge in [0.05, 0.1) is 11.1 Å². The summed E-state index contributed by atoms with van der Waals surface area (Å²) in [7, 11) is 0. The molecule has 0 aliphatic heterocycles. The molecule has 2 amide bonds. The maximum absolute atomic E-state index is 12.5. The first-order chi connectivity index (χ1) is 14.3. The van der Waals surface area contributed by atoms with Crippen molar-refractivity contribution in [3.05, 3.63) is 52.5 Å². The second kappa shape index (κ2) is 11.7. The Morgan fingerprint density at radius 2 is 1.70 bits per heavy atom. The standard InChI is InChI=1S/C22H26BrN3O3S/c1-4-20(27)24-16-6-8-17(9-7-16)25-22(30)26-21(28)15-5-10-19(18(23)13-15)29-12-11-14(2)3/h5-10,13-14H,4,11-12H2,1-3H3,(H,24,27)(H2,25,26,28,30). The molecule has 0 aromatic heterocycles. The van der Waals surface area contributed by atoms with E-state index in [1.54, 1.807) is 49.4 Å². The van der Waals surface area contributed by atoms with Crippen LogP contribution in [0.3, 0.4) is 0 Å². The highest BCUT2D eigenvalue weighted by atomic mass is 79.9. The topological polar surface area (TPSA) is 79.5 Å². The number of amides is 2. The van der Waals surface area contributed by atoms with Crippen molar-refractivity contribution >= 4 is 56.4 Å². The molecule has 0 saturated carbocycles. The number of carbonyl (C=O) groups excluding carboxylic acids is 2. The average Bonchev–Trinajstić information content (AvgIpc) is 2.70. The Labute approximate surface area is 190 Å². The molecule has 0 atom stereocenters. The molecule has 0 fully saturated rings. The van der Waals surface area contributed by atoms with Crippen LogP contribution < -0.4 is 20.7 Å². The van der Waals surface area contributed by atoms with Crippen LogP contribution in [0, 0.1) is 5.92 Å². The summed E-state index contributed by atoms with van der Waals surface area (Å²) in [6, 6.07) is 12.2. The second-order valence-electron chi connectivity index (χ2n) is 7.06. The van der Waals surface area contributed by atoms with Gasteiger partial charge in [0.2, 0.25) is 5.91 Å². The van der Waals surface area contributed by atoms with E-state index in [-0.39, 0.29) is 16.9 Å². The summed E-state index contributed by atoms with van der Waals surface area (Å²) in [5, 5.41) is 8.56. The lowest BCUT2D eigenvalue weighted by Crippen LogP contribution is -2.34. The van der Waals surface area contributed by atoms with Crippen molar-refractivity contribution < 1.29 is 14.3 Å². The number of carbonyl (C=O) groups is 2. The minimum absolute atomic E-state index is 0.0546. The van der Waals surface area contributed by atoms with Gasteiger partial charge in [0.15, 0.2) is 5.11 Å². The summed E-state index contributed by atoms with van der Waals surface area (Å²) < 4.78 is 6.45. The van der Waals surface area contributed by atoms with Crippen molar-refractivity contribution in [1.82, 2.24) is 5.32 Å². The van der Waals surface area contributed by atoms with Gasteiger partial charge in [-0.1, -0.05) is 20.8 Å². The highest BCUT2D eigenvalue weighted by molar-refractivity contribution is 9.10. The van der Waals surface area contributed by atoms with Crippen LogP contribution in [0.4, 0.5) is 11.4 Å². The lowest BCUT2D eigenvalue weighted by molar-refractivity contribution is -0.115. The van der Waals surface area contributed by atoms with E-state index in [2.05, 4.69) is 45.7 Å². The number of rotatable bonds is 8. The zero-order valence-electron chi connectivity index (χ0n) is 17.3. The molecule has 2 aromatic rings. The minimum atomic E-state index is -0.325. The molecule has 2 aromatic carbocycles. The van der Waals surface area contributed by atoms with Gasteiger partial charge in [0, 0.05) is 23.4 Å². The molecule has 30 heavy (non-hydrogen) atoms. The van der Waals surface area contributed by atoms with Crippen LogP contribution in [-0.4, -0.2) is 23.5 Å². The maximum atomic E-state index is 12.5. The van der Waals surface area contributed by atoms with Gasteiger partial charge in [-0.2, -0.15) is 0 Å². The molecule has 6 nitrogen and oxygen atoms in total. The van der Waals surface area contributed by atoms with E-state index < -0.39 is 0 Å². The zero-order valence-corrected chi connectivity index (χ0v) is 19.7. The number of nitrogens with one attached hydrogen (secondary N) is 3. The van der Waals surface area contributed by atoms with Crippen LogP contribution in [0.25, 0.3) is 0 Å². The number of thiocarbonyl (C=S) groups is 1. The van der Waals surface area contributed by atoms with Gasteiger partial charge in [0.25, 0.3) is 5.91 Å². The van der Waals surface area contributed by atoms with Crippen LogP contribution in [0.1, 0.15) is 44.0 Å². The van der Waals surface area contributed by atoms with Crippen LogP contribution >= 0.6 is 28.1 Å². The minimum Gasteiger partial charge on any atom is -0.492 e. The van der Waals surface area contributed by atoms with Gasteiger partial charge >= 0.3 is 0 Å². The van der Waals surface area contributed by atoms with Gasteiger partial charge in [0.1, 0.15) is 5.75 Å². The molecule has 3 N–H and O–H groups in total. The van der Waals surface area contributed by atoms with Crippen LogP contribution in [0.15, 0.2) is 46.9 Å². The summed E-state index contributed by atoms with van der Waals surface area (Å²) in [5.41, 5.74) is 1.85. The number of anilines is 2. The van der Waals surface area contributed by atoms with E-state index in [1.165, 1.54) is 0 Å². The van der Waals surface area contributed by atoms with Gasteiger partial charge in [-0.25, -0.2) is 0 Å². The Bertz CT molecular complexity index is 901. The summed E-state index contributed by atoms with van der Waals surface area (Å²) >= 11 is 8.67. The number of benzene rings is 2. The summed E-state index contributed by atoms with van der Waals surface area (Å²) in [5.74, 6) is 0.881. The number of ether oxygens (including phenoxy) is 1. The lowest BCUT2D eigenvalue weighted by atomic mass is 10.1. The lowest BCUT2D eigenvalue weighted by Gasteiger charge is -2.12. The molecule has 0 spiro atoms. The maximum Gasteiger partial charge on any atom is 0.257 e. The van der Waals surface area contributed by atoms with Gasteiger partial charge in [-0.05, 0) is 83.0 Å². The van der Waals surface area contributed by atoms with Crippen LogP contribution in [-0.2, 0) is 4.79 Å². The van der Waals surface area contributed by atoms with E-state index in [0.717, 1.165) is 6.42 Å². The first kappa shape index (κ1) is 23.8. The molecular formula is C22H26BrN3O3S. The Balaban J connectivity index is 1.90. The van der Waals surface area contributed by atoms with Crippen LogP contribution in [0.5, 0.6) is 5.75 Å². The Morgan fingerprint density at radius 3 is 2.27 bits per heavy atom. The predicted molar refractivity (Wildman–Crippen MR) is 128 cm³/mol. The second-order valence-corrected chi connectivity index (χ2v) is 8.33. The summed E-state index contributed by atoms with van der Waals surface area (Å²) in [6.07, 6.45) is 1.37. The van der Waals surface area contributed by atoms with Gasteiger partial charge in [-0.3, -0.25) is 14.9 Å². The zero-order chi connectivity index (χ0) is 22.1. The molecule has 0 radical (unpaired) electrons. The van der Waals surface area contributed by atoms with Crippen molar-refractivity contribution in [2.45, 2.75) is 33.6 Å². The number of hydrogen-bond donors (Lipinski definition) is 3. The fourth-order valence-electron chi connectivity index (χ4n) is 2.39. The molecule has 0 heterocycles. The van der Waals surface area contributed by atoms with Crippen LogP contribution in [0.2, 0.25) is 0 Å². The predicted octanol–water partition coefficient (Wildman–Crippen LogP) is 5.35. The van der Waals surface area contributed by atoms with Crippen molar-refractivity contribution in [3.8, 4) is 5.75 Å². The third-order valence-electron chi connectivity index (χ3n) is 4.12. The largest absolute Gasteiger partial charge is 0.492 e. The SMILES string of the molecule is CCC(=O)Nc1ccc(NC(=S)NC(=O)c2ccc(OCCC(C)C)c(Br)c2)cc1. The van der Waals surface area contributed by atoms with Crippen molar-refractivity contribution in [2.24, 2.45) is 5.92 Å². The molecule has 0 saturated heterocycles. The van der Waals surface area contributed by atoms with E-state index in [4.69, 9.17) is 17.0 Å². The Morgan fingerprint density at radius 1 is 1.07 bits per heavy atom. The molecule has 2 rings (SSSR count). The molecule has 8 heteroatoms. The first-order valence-corrected chi connectivity index (χ1v) is 10.9. The number of halogens is 1. The van der Waals surface area contributed by atoms with Gasteiger partial charge < -0.3 is 15.4 Å². The van der Waals surface area contributed by atoms with E-state index in [1.807, 2.05) is 0 Å². The summed E-state index contributed by atoms with van der Waals surface area (Å²) in [6.45, 7) is 6.69. The van der Waals surface area contributed by atoms with Crippen molar-refractivity contribution in [3.63, 3.8) is 0 Å². The normalized spacial score (nSPS) is 10.4. The van der Waals surface area contributed by atoms with E-state index >= 15 is 0 Å². The molecule has 0 aliphatic carbocycles. The highest BCUT2D eigenvalue weighted by Gasteiger charge is 2.11. The molecule has 0 aliphatic rings. The third-order valence-corrected chi connectivity index (χ3v) is 4.95. The molecule has 0 bridgehead atoms. The smallest absolute Gasteiger partial charge is 0.257 e. The summed E-state index contributed by atoms with van der Waals surface area (Å²) in [4.78, 5) is 23.9. The average molecular weight is 492 g/mol. The highest BCUT2D eigenvalue weighted by Crippen LogP contribution is 2.26. The molecular weight excluding hydrogens is 466 g/mol. The number of hydrogen-bond acceptors (Lipinski definition) is 4. The van der Waals surface area contributed by atoms with Crippen molar-refractivity contribution in [1.29, 1.82) is 0 Å². The Hall–Kier alpha value is -2.45. The van der Waals surface area contributed by atoms with Gasteiger partial charge in [-0.15, -0.1) is 0 Å². The first-order valence-electron chi connectivity index (χ1n) is 9.73. The van der Waals surface area contributed by atoms with E-state index in [9.17, 15) is 9.59 Å².